The Kier molecular flexibility index (Phi) is 5.23. The van der Waals surface area contributed by atoms with Gasteiger partial charge in [0.15, 0.2) is 0 Å². The van der Waals surface area contributed by atoms with Crippen LogP contribution in [0.4, 0.5) is 4.39 Å². The summed E-state index contributed by atoms with van der Waals surface area (Å²) in [6, 6.07) is 2.74. The highest BCUT2D eigenvalue weighted by molar-refractivity contribution is 7.99. The van der Waals surface area contributed by atoms with Gasteiger partial charge in [-0.05, 0) is 48.5 Å². The largest absolute Gasteiger partial charge is 0.478 e. The van der Waals surface area contributed by atoms with Crippen molar-refractivity contribution in [1.82, 2.24) is 4.72 Å². The summed E-state index contributed by atoms with van der Waals surface area (Å²) in [4.78, 5) is 10.2. The van der Waals surface area contributed by atoms with Gasteiger partial charge in [0.25, 0.3) is 0 Å². The van der Waals surface area contributed by atoms with E-state index in [4.69, 9.17) is 5.11 Å². The van der Waals surface area contributed by atoms with Gasteiger partial charge < -0.3 is 5.11 Å². The van der Waals surface area contributed by atoms with Crippen LogP contribution in [-0.2, 0) is 10.0 Å². The van der Waals surface area contributed by atoms with Crippen LogP contribution in [0.5, 0.6) is 0 Å². The van der Waals surface area contributed by atoms with Crippen molar-refractivity contribution in [2.45, 2.75) is 17.7 Å². The van der Waals surface area contributed by atoms with Crippen molar-refractivity contribution < 1.29 is 22.7 Å². The fourth-order valence-corrected chi connectivity index (χ4v) is 4.52. The van der Waals surface area contributed by atoms with Gasteiger partial charge in [0.2, 0.25) is 10.0 Å². The third-order valence-corrected chi connectivity index (χ3v) is 5.86. The molecule has 0 bridgehead atoms. The number of halogens is 1. The second-order valence-electron chi connectivity index (χ2n) is 4.86. The molecule has 116 valence electrons. The Morgan fingerprint density at radius 2 is 2.05 bits per heavy atom. The number of carboxylic acids is 1. The van der Waals surface area contributed by atoms with Gasteiger partial charge in [0.1, 0.15) is 10.7 Å². The minimum atomic E-state index is -4.04. The molecule has 1 fully saturated rings. The van der Waals surface area contributed by atoms with E-state index < -0.39 is 26.7 Å². The van der Waals surface area contributed by atoms with E-state index in [1.807, 2.05) is 11.8 Å². The van der Waals surface area contributed by atoms with E-state index in [1.54, 1.807) is 0 Å². The number of hydrogen-bond donors (Lipinski definition) is 2. The van der Waals surface area contributed by atoms with Crippen molar-refractivity contribution in [2.75, 3.05) is 18.1 Å². The zero-order chi connectivity index (χ0) is 15.5. The maximum Gasteiger partial charge on any atom is 0.335 e. The average molecular weight is 333 g/mol. The molecule has 0 unspecified atom stereocenters. The van der Waals surface area contributed by atoms with Crippen LogP contribution in [0.3, 0.4) is 0 Å². The molecule has 1 saturated heterocycles. The van der Waals surface area contributed by atoms with Gasteiger partial charge in [-0.15, -0.1) is 0 Å². The van der Waals surface area contributed by atoms with Gasteiger partial charge in [-0.3, -0.25) is 0 Å². The van der Waals surface area contributed by atoms with E-state index in [-0.39, 0.29) is 18.0 Å². The first-order valence-corrected chi connectivity index (χ1v) is 9.14. The lowest BCUT2D eigenvalue weighted by Crippen LogP contribution is -2.31. The molecule has 5 nitrogen and oxygen atoms in total. The lowest BCUT2D eigenvalue weighted by molar-refractivity contribution is 0.0696. The maximum atomic E-state index is 13.7. The molecule has 0 saturated carbocycles. The normalized spacial score (nSPS) is 16.8. The van der Waals surface area contributed by atoms with E-state index >= 15 is 0 Å². The quantitative estimate of drug-likeness (QED) is 0.860. The molecular formula is C13H16FNO4S2. The highest BCUT2D eigenvalue weighted by Gasteiger charge is 2.23. The molecule has 0 atom stereocenters. The molecule has 8 heteroatoms. The second kappa shape index (κ2) is 6.76. The summed E-state index contributed by atoms with van der Waals surface area (Å²) in [5.41, 5.74) is -0.258. The highest BCUT2D eigenvalue weighted by atomic mass is 32.2. The smallest absolute Gasteiger partial charge is 0.335 e. The van der Waals surface area contributed by atoms with Crippen LogP contribution in [-0.4, -0.2) is 37.5 Å². The number of rotatable bonds is 5. The molecule has 0 aromatic heterocycles. The average Bonchev–Trinajstić information content (AvgIpc) is 2.46. The summed E-state index contributed by atoms with van der Waals surface area (Å²) in [7, 11) is -4.04. The summed E-state index contributed by atoms with van der Waals surface area (Å²) < 4.78 is 40.3. The molecule has 2 rings (SSSR count). The predicted octanol–water partition coefficient (Wildman–Crippen LogP) is 1.95. The number of benzene rings is 1. The molecule has 1 heterocycles. The minimum Gasteiger partial charge on any atom is -0.478 e. The van der Waals surface area contributed by atoms with Crippen LogP contribution >= 0.6 is 11.8 Å². The van der Waals surface area contributed by atoms with Crippen LogP contribution in [0.25, 0.3) is 0 Å². The fourth-order valence-electron chi connectivity index (χ4n) is 2.10. The van der Waals surface area contributed by atoms with Crippen molar-refractivity contribution in [1.29, 1.82) is 0 Å². The predicted molar refractivity (Wildman–Crippen MR) is 78.6 cm³/mol. The van der Waals surface area contributed by atoms with Crippen LogP contribution < -0.4 is 4.72 Å². The molecule has 1 aromatic carbocycles. The van der Waals surface area contributed by atoms with Gasteiger partial charge in [0, 0.05) is 6.54 Å². The Bertz CT molecular complexity index is 627. The van der Waals surface area contributed by atoms with E-state index in [1.165, 1.54) is 0 Å². The first kappa shape index (κ1) is 16.3. The van der Waals surface area contributed by atoms with Crippen molar-refractivity contribution in [3.63, 3.8) is 0 Å². The van der Waals surface area contributed by atoms with Gasteiger partial charge in [-0.1, -0.05) is 0 Å². The standard InChI is InChI=1S/C13H16FNO4S2/c14-11-2-1-10(13(16)17)7-12(11)21(18,19)15-8-9-3-5-20-6-4-9/h1-2,7,9,15H,3-6,8H2,(H,16,17). The van der Waals surface area contributed by atoms with Crippen LogP contribution in [0.15, 0.2) is 23.1 Å². The summed E-state index contributed by atoms with van der Waals surface area (Å²) in [6.45, 7) is 0.250. The summed E-state index contributed by atoms with van der Waals surface area (Å²) in [5.74, 6) is -0.0148. The molecule has 0 aliphatic carbocycles. The highest BCUT2D eigenvalue weighted by Crippen LogP contribution is 2.23. The van der Waals surface area contributed by atoms with Gasteiger partial charge >= 0.3 is 5.97 Å². The number of carbonyl (C=O) groups is 1. The molecule has 1 aromatic rings. The lowest BCUT2D eigenvalue weighted by atomic mass is 10.0. The second-order valence-corrected chi connectivity index (χ2v) is 7.82. The van der Waals surface area contributed by atoms with Crippen molar-refractivity contribution in [3.8, 4) is 0 Å². The summed E-state index contributed by atoms with van der Waals surface area (Å²) in [5, 5.41) is 8.86. The summed E-state index contributed by atoms with van der Waals surface area (Å²) in [6.07, 6.45) is 1.84. The van der Waals surface area contributed by atoms with Gasteiger partial charge in [-0.25, -0.2) is 22.3 Å². The summed E-state index contributed by atoms with van der Waals surface area (Å²) >= 11 is 1.83. The number of nitrogens with one attached hydrogen (secondary N) is 1. The number of sulfonamides is 1. The number of carboxylic acid groups (broad SMARTS) is 1. The zero-order valence-electron chi connectivity index (χ0n) is 11.2. The van der Waals surface area contributed by atoms with E-state index in [2.05, 4.69) is 4.72 Å². The topological polar surface area (TPSA) is 83.5 Å². The number of aromatic carboxylic acids is 1. The van der Waals surface area contributed by atoms with E-state index in [9.17, 15) is 17.6 Å². The van der Waals surface area contributed by atoms with Crippen LogP contribution in [0, 0.1) is 11.7 Å². The minimum absolute atomic E-state index is 0.242. The Hall–Kier alpha value is -1.12. The fraction of sp³-hybridized carbons (Fsp3) is 0.462. The van der Waals surface area contributed by atoms with Gasteiger partial charge in [0.05, 0.1) is 5.56 Å². The van der Waals surface area contributed by atoms with Crippen LogP contribution in [0.2, 0.25) is 0 Å². The molecule has 0 spiro atoms. The number of hydrogen-bond acceptors (Lipinski definition) is 4. The molecular weight excluding hydrogens is 317 g/mol. The molecule has 1 aliphatic rings. The maximum absolute atomic E-state index is 13.7. The van der Waals surface area contributed by atoms with Gasteiger partial charge in [-0.2, -0.15) is 11.8 Å². The Labute approximate surface area is 127 Å². The Morgan fingerprint density at radius 3 is 2.67 bits per heavy atom. The molecule has 2 N–H and O–H groups in total. The molecule has 0 radical (unpaired) electrons. The monoisotopic (exact) mass is 333 g/mol. The van der Waals surface area contributed by atoms with Crippen LogP contribution in [0.1, 0.15) is 23.2 Å². The van der Waals surface area contributed by atoms with Crippen molar-refractivity contribution >= 4 is 27.8 Å². The third kappa shape index (κ3) is 4.18. The van der Waals surface area contributed by atoms with E-state index in [0.29, 0.717) is 0 Å². The van der Waals surface area contributed by atoms with Crippen molar-refractivity contribution in [2.24, 2.45) is 5.92 Å². The third-order valence-electron chi connectivity index (χ3n) is 3.37. The number of thioether (sulfide) groups is 1. The first-order valence-electron chi connectivity index (χ1n) is 6.50. The zero-order valence-corrected chi connectivity index (χ0v) is 12.8. The van der Waals surface area contributed by atoms with Crippen molar-refractivity contribution in [3.05, 3.63) is 29.6 Å². The first-order chi connectivity index (χ1) is 9.90. The Morgan fingerprint density at radius 1 is 1.38 bits per heavy atom. The molecule has 0 amide bonds. The molecule has 21 heavy (non-hydrogen) atoms. The lowest BCUT2D eigenvalue weighted by Gasteiger charge is -2.21. The molecule has 1 aliphatic heterocycles. The Balaban J connectivity index is 2.14. The van der Waals surface area contributed by atoms with E-state index in [0.717, 1.165) is 42.5 Å². The SMILES string of the molecule is O=C(O)c1ccc(F)c(S(=O)(=O)NCC2CCSCC2)c1.